The summed E-state index contributed by atoms with van der Waals surface area (Å²) in [7, 11) is 0. The summed E-state index contributed by atoms with van der Waals surface area (Å²) in [5.74, 6) is 2.87. The number of hydrogen-bond acceptors (Lipinski definition) is 7. The van der Waals surface area contributed by atoms with Crippen molar-refractivity contribution in [2.75, 3.05) is 46.0 Å². The molecule has 0 saturated heterocycles. The van der Waals surface area contributed by atoms with Gasteiger partial charge in [0.05, 0.1) is 18.3 Å². The van der Waals surface area contributed by atoms with Crippen LogP contribution in [0.4, 0.5) is 0 Å². The normalized spacial score (nSPS) is 35.7. The molecule has 0 aromatic rings. The quantitative estimate of drug-likeness (QED) is 0.0705. The average Bonchev–Trinajstić information content (AvgIpc) is 3.46. The molecule has 0 spiro atoms. The third-order valence-electron chi connectivity index (χ3n) is 14.4. The van der Waals surface area contributed by atoms with Crippen LogP contribution in [0.25, 0.3) is 0 Å². The van der Waals surface area contributed by atoms with Crippen LogP contribution in [0.2, 0.25) is 0 Å². The van der Waals surface area contributed by atoms with Crippen LogP contribution in [0.15, 0.2) is 0 Å². The van der Waals surface area contributed by atoms with Crippen molar-refractivity contribution in [1.82, 2.24) is 5.32 Å². The number of fused-ring (bicyclic) bond motifs is 5. The van der Waals surface area contributed by atoms with Gasteiger partial charge in [-0.25, -0.2) is 0 Å². The summed E-state index contributed by atoms with van der Waals surface area (Å²) in [6.07, 6.45) is 22.1. The molecule has 4 aliphatic carbocycles. The van der Waals surface area contributed by atoms with Gasteiger partial charge in [0.25, 0.3) is 0 Å². The fourth-order valence-corrected chi connectivity index (χ4v) is 11.6. The van der Waals surface area contributed by atoms with Crippen LogP contribution in [0, 0.1) is 46.3 Å². The molecule has 4 fully saturated rings. The first-order valence-corrected chi connectivity index (χ1v) is 21.4. The smallest absolute Gasteiger partial charge is 0.303 e. The summed E-state index contributed by atoms with van der Waals surface area (Å²) in [6.45, 7) is 15.7. The van der Waals surface area contributed by atoms with E-state index in [-0.39, 0.29) is 35.6 Å². The number of hydrogen-bond donors (Lipinski definition) is 4. The van der Waals surface area contributed by atoms with Crippen LogP contribution in [-0.2, 0) is 19.0 Å². The molecule has 50 heavy (non-hydrogen) atoms. The predicted molar refractivity (Wildman–Crippen MR) is 204 cm³/mol. The zero-order valence-corrected chi connectivity index (χ0v) is 32.8. The van der Waals surface area contributed by atoms with Crippen molar-refractivity contribution in [3.63, 3.8) is 0 Å². The molecule has 0 radical (unpaired) electrons. The first-order valence-electron chi connectivity index (χ1n) is 21.4. The highest BCUT2D eigenvalue weighted by molar-refractivity contribution is 5.66. The fourth-order valence-electron chi connectivity index (χ4n) is 11.6. The van der Waals surface area contributed by atoms with Gasteiger partial charge in [-0.1, -0.05) is 59.8 Å². The van der Waals surface area contributed by atoms with Gasteiger partial charge in [-0.3, -0.25) is 4.79 Å². The highest BCUT2D eigenvalue weighted by Crippen LogP contribution is 2.69. The van der Waals surface area contributed by atoms with Crippen molar-refractivity contribution in [1.29, 1.82) is 0 Å². The van der Waals surface area contributed by atoms with Crippen LogP contribution in [0.5, 0.6) is 0 Å². The van der Waals surface area contributed by atoms with Gasteiger partial charge in [0.2, 0.25) is 0 Å². The second-order valence-corrected chi connectivity index (χ2v) is 17.5. The predicted octanol–water partition coefficient (Wildman–Crippen LogP) is 7.95. The van der Waals surface area contributed by atoms with E-state index in [0.717, 1.165) is 64.8 Å². The molecule has 2 unspecified atom stereocenters. The summed E-state index contributed by atoms with van der Waals surface area (Å²) < 4.78 is 20.3. The lowest BCUT2D eigenvalue weighted by Crippen LogP contribution is -2.63. The highest BCUT2D eigenvalue weighted by atomic mass is 16.5. The van der Waals surface area contributed by atoms with E-state index in [1.54, 1.807) is 0 Å². The van der Waals surface area contributed by atoms with Crippen LogP contribution >= 0.6 is 0 Å². The van der Waals surface area contributed by atoms with E-state index >= 15 is 0 Å². The summed E-state index contributed by atoms with van der Waals surface area (Å²) in [5, 5.41) is 12.8. The van der Waals surface area contributed by atoms with Crippen molar-refractivity contribution in [3.05, 3.63) is 0 Å². The number of unbranched alkanes of at least 4 members (excludes halogenated alkanes) is 5. The van der Waals surface area contributed by atoms with E-state index < -0.39 is 5.97 Å². The third-order valence-corrected chi connectivity index (χ3v) is 14.4. The Balaban J connectivity index is 1.46. The van der Waals surface area contributed by atoms with Gasteiger partial charge >= 0.3 is 5.97 Å². The standard InChI is InChI=1S/C42H79N3O5/c1-5-6-7-8-9-10-23-45-24-11-15-31(2)34-17-18-35-40-36(30-38(42(34,35)4)50-27-14-22-44)41(3)20-19-33(48-25-12-16-39(46)47)28-32(41)29-37(40)49-26-13-21-43/h31-38,40,45H,5-30,43-44H2,1-4H3,(H,46,47)/t31-,32?,33-,34-,35+,36+,37-,38+,40?,41+,42-/m1/s1. The second kappa shape index (κ2) is 21.2. The third kappa shape index (κ3) is 10.7. The van der Waals surface area contributed by atoms with Gasteiger partial charge in [0.15, 0.2) is 0 Å². The highest BCUT2D eigenvalue weighted by Gasteiger charge is 2.66. The Labute approximate surface area is 306 Å². The average molecular weight is 706 g/mol. The number of rotatable bonds is 25. The monoisotopic (exact) mass is 706 g/mol. The molecule has 4 rings (SSSR count). The maximum Gasteiger partial charge on any atom is 0.303 e. The second-order valence-electron chi connectivity index (χ2n) is 17.5. The molecule has 0 bridgehead atoms. The van der Waals surface area contributed by atoms with Gasteiger partial charge in [-0.05, 0) is 151 Å². The lowest BCUT2D eigenvalue weighted by Gasteiger charge is -2.65. The molecule has 0 amide bonds. The Morgan fingerprint density at radius 3 is 2.26 bits per heavy atom. The van der Waals surface area contributed by atoms with E-state index in [0.29, 0.717) is 61.6 Å². The van der Waals surface area contributed by atoms with Crippen molar-refractivity contribution >= 4 is 5.97 Å². The van der Waals surface area contributed by atoms with Gasteiger partial charge < -0.3 is 36.1 Å². The number of carbonyl (C=O) groups is 1. The number of nitrogens with two attached hydrogens (primary N) is 2. The molecule has 0 aromatic heterocycles. The zero-order chi connectivity index (χ0) is 36.0. The Morgan fingerprint density at radius 2 is 1.52 bits per heavy atom. The maximum atomic E-state index is 11.1. The number of nitrogens with one attached hydrogen (secondary N) is 1. The van der Waals surface area contributed by atoms with E-state index in [1.807, 2.05) is 0 Å². The van der Waals surface area contributed by atoms with Crippen LogP contribution < -0.4 is 16.8 Å². The van der Waals surface area contributed by atoms with Crippen molar-refractivity contribution in [2.24, 2.45) is 57.8 Å². The van der Waals surface area contributed by atoms with Gasteiger partial charge in [0.1, 0.15) is 0 Å². The van der Waals surface area contributed by atoms with Crippen molar-refractivity contribution < 1.29 is 24.1 Å². The van der Waals surface area contributed by atoms with Crippen LogP contribution in [0.3, 0.4) is 0 Å². The lowest BCUT2D eigenvalue weighted by molar-refractivity contribution is -0.227. The van der Waals surface area contributed by atoms with E-state index in [4.69, 9.17) is 30.8 Å². The summed E-state index contributed by atoms with van der Waals surface area (Å²) in [4.78, 5) is 11.1. The van der Waals surface area contributed by atoms with Gasteiger partial charge in [-0.15, -0.1) is 0 Å². The summed E-state index contributed by atoms with van der Waals surface area (Å²) >= 11 is 0. The first kappa shape index (κ1) is 42.0. The molecular weight excluding hydrogens is 626 g/mol. The molecule has 11 atom stereocenters. The molecule has 0 aromatic carbocycles. The molecule has 8 nitrogen and oxygen atoms in total. The van der Waals surface area contributed by atoms with E-state index in [9.17, 15) is 4.79 Å². The molecule has 4 saturated carbocycles. The number of aliphatic carboxylic acids is 1. The van der Waals surface area contributed by atoms with Crippen molar-refractivity contribution in [3.8, 4) is 0 Å². The SMILES string of the molecule is CCCCCCCCNCCC[C@@H](C)[C@H]1CC[C@H]2C3[C@H](OCCCN)CC4C[C@H](OCCCC(=O)O)CC[C@]4(C)[C@H]3C[C@H](OCCCN)[C@]12C. The first-order chi connectivity index (χ1) is 24.2. The Morgan fingerprint density at radius 1 is 0.820 bits per heavy atom. The van der Waals surface area contributed by atoms with Crippen molar-refractivity contribution in [2.45, 2.75) is 168 Å². The lowest BCUT2D eigenvalue weighted by atomic mass is 9.43. The molecule has 4 aliphatic rings. The molecule has 8 heteroatoms. The largest absolute Gasteiger partial charge is 0.481 e. The molecule has 0 aliphatic heterocycles. The van der Waals surface area contributed by atoms with Crippen LogP contribution in [-0.4, -0.2) is 75.4 Å². The fraction of sp³-hybridized carbons (Fsp3) is 0.976. The Hall–Kier alpha value is -0.770. The minimum absolute atomic E-state index is 0.143. The van der Waals surface area contributed by atoms with E-state index in [1.165, 1.54) is 70.6 Å². The molecular formula is C42H79N3O5. The number of ether oxygens (including phenoxy) is 3. The Kier molecular flexibility index (Phi) is 17.8. The zero-order valence-electron chi connectivity index (χ0n) is 32.8. The topological polar surface area (TPSA) is 129 Å². The number of carboxylic acid groups (broad SMARTS) is 1. The minimum Gasteiger partial charge on any atom is -0.481 e. The summed E-state index contributed by atoms with van der Waals surface area (Å²) in [5.41, 5.74) is 12.3. The minimum atomic E-state index is -0.743. The van der Waals surface area contributed by atoms with E-state index in [2.05, 4.69) is 33.0 Å². The molecule has 0 heterocycles. The van der Waals surface area contributed by atoms with Gasteiger partial charge in [0, 0.05) is 31.7 Å². The van der Waals surface area contributed by atoms with Gasteiger partial charge in [-0.2, -0.15) is 0 Å². The van der Waals surface area contributed by atoms with Crippen LogP contribution in [0.1, 0.15) is 150 Å². The summed E-state index contributed by atoms with van der Waals surface area (Å²) in [6, 6.07) is 0. The number of carboxylic acids is 1. The molecule has 6 N–H and O–H groups in total. The Bertz CT molecular complexity index is 970. The molecule has 292 valence electrons. The maximum absolute atomic E-state index is 11.1.